The number of nitrogen functional groups attached to an aromatic ring is 1. The van der Waals surface area contributed by atoms with E-state index in [4.69, 9.17) is 19.9 Å². The lowest BCUT2D eigenvalue weighted by Gasteiger charge is -2.13. The van der Waals surface area contributed by atoms with Crippen molar-refractivity contribution in [2.24, 2.45) is 0 Å². The Bertz CT molecular complexity index is 674. The molecule has 1 saturated heterocycles. The van der Waals surface area contributed by atoms with E-state index in [-0.39, 0.29) is 12.4 Å². The molecule has 22 heavy (non-hydrogen) atoms. The topological polar surface area (TPSA) is 88.6 Å². The highest BCUT2D eigenvalue weighted by molar-refractivity contribution is 5.23. The van der Waals surface area contributed by atoms with Gasteiger partial charge in [0, 0.05) is 6.20 Å². The summed E-state index contributed by atoms with van der Waals surface area (Å²) < 4.78 is 18.0. The molecule has 1 aromatic carbocycles. The maximum absolute atomic E-state index is 11.7. The Hall–Kier alpha value is -2.22. The molecule has 7 nitrogen and oxygen atoms in total. The molecule has 0 spiro atoms. The molecule has 2 aromatic rings. The fourth-order valence-corrected chi connectivity index (χ4v) is 2.17. The lowest BCUT2D eigenvalue weighted by Crippen LogP contribution is -2.28. The van der Waals surface area contributed by atoms with Gasteiger partial charge in [0.15, 0.2) is 12.5 Å². The number of rotatable bonds is 5. The largest absolute Gasteiger partial charge is 0.383 e. The van der Waals surface area contributed by atoms with Crippen LogP contribution in [0.25, 0.3) is 0 Å². The van der Waals surface area contributed by atoms with Crippen LogP contribution in [-0.2, 0) is 20.8 Å². The monoisotopic (exact) mass is 303 g/mol. The van der Waals surface area contributed by atoms with Gasteiger partial charge in [-0.2, -0.15) is 4.98 Å². The number of nitrogens with two attached hydrogens (primary N) is 1. The summed E-state index contributed by atoms with van der Waals surface area (Å²) >= 11 is 0. The third-order valence-corrected chi connectivity index (χ3v) is 3.26. The number of anilines is 1. The van der Waals surface area contributed by atoms with Crippen molar-refractivity contribution in [2.75, 3.05) is 18.9 Å². The first-order valence-corrected chi connectivity index (χ1v) is 6.96. The predicted molar refractivity (Wildman–Crippen MR) is 78.9 cm³/mol. The molecule has 1 aliphatic heterocycles. The van der Waals surface area contributed by atoms with Gasteiger partial charge < -0.3 is 19.9 Å². The summed E-state index contributed by atoms with van der Waals surface area (Å²) in [6.07, 6.45) is 0.537. The Kier molecular flexibility index (Phi) is 4.47. The van der Waals surface area contributed by atoms with E-state index >= 15 is 0 Å². The average molecular weight is 303 g/mol. The second kappa shape index (κ2) is 6.69. The average Bonchev–Trinajstić information content (AvgIpc) is 2.97. The molecule has 0 aliphatic carbocycles. The van der Waals surface area contributed by atoms with Crippen molar-refractivity contribution in [1.29, 1.82) is 0 Å². The van der Waals surface area contributed by atoms with E-state index in [1.807, 2.05) is 30.3 Å². The lowest BCUT2D eigenvalue weighted by atomic mass is 10.2. The Balaban J connectivity index is 1.51. The summed E-state index contributed by atoms with van der Waals surface area (Å²) in [4.78, 5) is 15.4. The van der Waals surface area contributed by atoms with Gasteiger partial charge in [0.25, 0.3) is 0 Å². The second-order valence-corrected chi connectivity index (χ2v) is 4.90. The maximum Gasteiger partial charge on any atom is 0.351 e. The van der Waals surface area contributed by atoms with Crippen molar-refractivity contribution in [1.82, 2.24) is 9.55 Å². The van der Waals surface area contributed by atoms with Gasteiger partial charge in [-0.05, 0) is 11.6 Å². The number of hydrogen-bond acceptors (Lipinski definition) is 6. The normalized spacial score (nSPS) is 21.1. The SMILES string of the molecule is Nc1ccn([C@@H]2CO[C@H](COCc3ccccc3)O2)c(=O)n1. The first kappa shape index (κ1) is 14.7. The highest BCUT2D eigenvalue weighted by Crippen LogP contribution is 2.20. The van der Waals surface area contributed by atoms with Gasteiger partial charge in [-0.15, -0.1) is 0 Å². The molecule has 0 saturated carbocycles. The molecule has 1 aromatic heterocycles. The zero-order valence-corrected chi connectivity index (χ0v) is 11.9. The molecule has 0 amide bonds. The minimum atomic E-state index is -0.508. The predicted octanol–water partition coefficient (Wildman–Crippen LogP) is 0.914. The van der Waals surface area contributed by atoms with Crippen LogP contribution in [0.1, 0.15) is 11.8 Å². The van der Waals surface area contributed by atoms with Crippen LogP contribution in [0.15, 0.2) is 47.4 Å². The number of hydrogen-bond donors (Lipinski definition) is 1. The van der Waals surface area contributed by atoms with E-state index in [9.17, 15) is 4.79 Å². The molecule has 0 unspecified atom stereocenters. The molecule has 2 heterocycles. The molecule has 2 atom stereocenters. The van der Waals surface area contributed by atoms with Gasteiger partial charge in [-0.1, -0.05) is 30.3 Å². The van der Waals surface area contributed by atoms with E-state index in [2.05, 4.69) is 4.98 Å². The zero-order valence-electron chi connectivity index (χ0n) is 11.9. The van der Waals surface area contributed by atoms with Gasteiger partial charge in [-0.3, -0.25) is 4.57 Å². The molecule has 1 fully saturated rings. The standard InChI is InChI=1S/C15H17N3O4/c16-12-6-7-18(15(19)17-12)13-9-21-14(22-13)10-20-8-11-4-2-1-3-5-11/h1-7,13-14H,8-10H2,(H2,16,17,19)/t13-,14-/m0/s1. The Labute approximate surface area is 127 Å². The maximum atomic E-state index is 11.7. The fourth-order valence-electron chi connectivity index (χ4n) is 2.17. The lowest BCUT2D eigenvalue weighted by molar-refractivity contribution is -0.118. The number of ether oxygens (including phenoxy) is 3. The minimum Gasteiger partial charge on any atom is -0.383 e. The summed E-state index contributed by atoms with van der Waals surface area (Å²) in [5.74, 6) is 0.183. The Morgan fingerprint density at radius 3 is 2.91 bits per heavy atom. The molecule has 7 heteroatoms. The van der Waals surface area contributed by atoms with Crippen molar-refractivity contribution in [3.63, 3.8) is 0 Å². The van der Waals surface area contributed by atoms with Crippen LogP contribution < -0.4 is 11.4 Å². The first-order chi connectivity index (χ1) is 10.7. The van der Waals surface area contributed by atoms with E-state index in [1.54, 1.807) is 12.3 Å². The van der Waals surface area contributed by atoms with E-state index in [0.29, 0.717) is 13.2 Å². The van der Waals surface area contributed by atoms with Crippen LogP contribution >= 0.6 is 0 Å². The zero-order chi connectivity index (χ0) is 15.4. The van der Waals surface area contributed by atoms with Crippen molar-refractivity contribution in [2.45, 2.75) is 19.1 Å². The fraction of sp³-hybridized carbons (Fsp3) is 0.333. The van der Waals surface area contributed by atoms with E-state index < -0.39 is 18.2 Å². The van der Waals surface area contributed by atoms with Crippen molar-refractivity contribution in [3.05, 3.63) is 58.6 Å². The van der Waals surface area contributed by atoms with Crippen LogP contribution in [0.4, 0.5) is 5.82 Å². The Morgan fingerprint density at radius 2 is 2.14 bits per heavy atom. The minimum absolute atomic E-state index is 0.183. The number of benzene rings is 1. The highest BCUT2D eigenvalue weighted by Gasteiger charge is 2.28. The number of aromatic nitrogens is 2. The van der Waals surface area contributed by atoms with Crippen molar-refractivity contribution < 1.29 is 14.2 Å². The molecule has 3 rings (SSSR count). The summed E-state index contributed by atoms with van der Waals surface area (Å²) in [5, 5.41) is 0. The summed E-state index contributed by atoms with van der Waals surface area (Å²) in [6.45, 7) is 1.05. The molecule has 116 valence electrons. The summed E-state index contributed by atoms with van der Waals surface area (Å²) in [5.41, 5.74) is 6.08. The van der Waals surface area contributed by atoms with Crippen molar-refractivity contribution >= 4 is 5.82 Å². The molecule has 0 radical (unpaired) electrons. The molecule has 2 N–H and O–H groups in total. The van der Waals surface area contributed by atoms with Gasteiger partial charge >= 0.3 is 5.69 Å². The van der Waals surface area contributed by atoms with Gasteiger partial charge in [0.2, 0.25) is 0 Å². The third-order valence-electron chi connectivity index (χ3n) is 3.26. The molecule has 0 bridgehead atoms. The van der Waals surface area contributed by atoms with Crippen LogP contribution in [0.3, 0.4) is 0 Å². The molecular weight excluding hydrogens is 286 g/mol. The quantitative estimate of drug-likeness (QED) is 0.883. The van der Waals surface area contributed by atoms with Crippen molar-refractivity contribution in [3.8, 4) is 0 Å². The van der Waals surface area contributed by atoms with Gasteiger partial charge in [0.05, 0.1) is 19.8 Å². The summed E-state index contributed by atoms with van der Waals surface area (Å²) in [6, 6.07) is 11.4. The van der Waals surface area contributed by atoms with Gasteiger partial charge in [-0.25, -0.2) is 4.79 Å². The molecule has 1 aliphatic rings. The first-order valence-electron chi connectivity index (χ1n) is 6.96. The van der Waals surface area contributed by atoms with Crippen LogP contribution in [0.5, 0.6) is 0 Å². The smallest absolute Gasteiger partial charge is 0.351 e. The highest BCUT2D eigenvalue weighted by atomic mass is 16.7. The van der Waals surface area contributed by atoms with Crippen LogP contribution in [0.2, 0.25) is 0 Å². The van der Waals surface area contributed by atoms with E-state index in [1.165, 1.54) is 4.57 Å². The Morgan fingerprint density at radius 1 is 1.32 bits per heavy atom. The second-order valence-electron chi connectivity index (χ2n) is 4.90. The van der Waals surface area contributed by atoms with Crippen LogP contribution in [0, 0.1) is 0 Å². The summed E-state index contributed by atoms with van der Waals surface area (Å²) in [7, 11) is 0. The number of nitrogens with zero attached hydrogens (tertiary/aromatic N) is 2. The van der Waals surface area contributed by atoms with Crippen LogP contribution in [-0.4, -0.2) is 29.1 Å². The van der Waals surface area contributed by atoms with E-state index in [0.717, 1.165) is 5.56 Å². The third kappa shape index (κ3) is 3.51. The molecular formula is C15H17N3O4. The van der Waals surface area contributed by atoms with Gasteiger partial charge in [0.1, 0.15) is 5.82 Å².